The third kappa shape index (κ3) is 4.00. The highest BCUT2D eigenvalue weighted by atomic mass is 19.4. The van der Waals surface area contributed by atoms with E-state index in [0.717, 1.165) is 11.0 Å². The number of fused-ring (bicyclic) bond motifs is 1. The fourth-order valence-corrected chi connectivity index (χ4v) is 3.00. The van der Waals surface area contributed by atoms with Gasteiger partial charge in [0.1, 0.15) is 12.4 Å². The van der Waals surface area contributed by atoms with Gasteiger partial charge in [0.05, 0.1) is 16.8 Å². The topological polar surface area (TPSA) is 49.8 Å². The molecule has 0 aromatic heterocycles. The van der Waals surface area contributed by atoms with E-state index in [1.54, 1.807) is 6.07 Å². The molecule has 3 rings (SSSR count). The first-order valence-corrected chi connectivity index (χ1v) is 8.00. The van der Waals surface area contributed by atoms with Crippen LogP contribution in [0, 0.1) is 0 Å². The molecule has 1 aliphatic heterocycles. The van der Waals surface area contributed by atoms with Gasteiger partial charge in [-0.2, -0.15) is 26.3 Å². The van der Waals surface area contributed by atoms with Crippen LogP contribution in [-0.2, 0) is 25.4 Å². The number of alkyl halides is 6. The van der Waals surface area contributed by atoms with E-state index in [1.807, 2.05) is 0 Å². The van der Waals surface area contributed by atoms with Crippen LogP contribution < -0.4 is 9.64 Å². The largest absolute Gasteiger partial charge is 0.489 e. The summed E-state index contributed by atoms with van der Waals surface area (Å²) in [5.41, 5.74) is -2.41. The average Bonchev–Trinajstić information content (AvgIpc) is 3.01. The molecular weight excluding hydrogens is 392 g/mol. The average molecular weight is 405 g/mol. The molecule has 0 bridgehead atoms. The van der Waals surface area contributed by atoms with Gasteiger partial charge in [-0.15, -0.1) is 0 Å². The Bertz CT molecular complexity index is 907. The zero-order valence-electron chi connectivity index (χ0n) is 14.1. The maximum Gasteiger partial charge on any atom is 0.417 e. The summed E-state index contributed by atoms with van der Waals surface area (Å²) in [6.45, 7) is -0.0926. The lowest BCUT2D eigenvalue weighted by atomic mass is 10.0. The quantitative estimate of drug-likeness (QED) is 0.701. The zero-order chi connectivity index (χ0) is 20.7. The SMILES string of the molecule is O=C(O)N1CCc2cc(OCc3ccc(C(F)(F)F)c(C(F)(F)F)c3)ccc21. The molecule has 0 atom stereocenters. The van der Waals surface area contributed by atoms with E-state index >= 15 is 0 Å². The molecular formula is C18H13F6NO3. The highest BCUT2D eigenvalue weighted by Crippen LogP contribution is 2.40. The number of hydrogen-bond acceptors (Lipinski definition) is 2. The Morgan fingerprint density at radius 2 is 1.68 bits per heavy atom. The molecule has 28 heavy (non-hydrogen) atoms. The molecule has 1 amide bonds. The maximum atomic E-state index is 13.0. The summed E-state index contributed by atoms with van der Waals surface area (Å²) >= 11 is 0. The number of benzene rings is 2. The lowest BCUT2D eigenvalue weighted by molar-refractivity contribution is -0.162. The molecule has 2 aromatic carbocycles. The summed E-state index contributed by atoms with van der Waals surface area (Å²) in [6, 6.07) is 6.26. The van der Waals surface area contributed by atoms with Crippen molar-refractivity contribution in [2.24, 2.45) is 0 Å². The third-order valence-electron chi connectivity index (χ3n) is 4.28. The molecule has 0 fully saturated rings. The predicted molar refractivity (Wildman–Crippen MR) is 86.3 cm³/mol. The van der Waals surface area contributed by atoms with E-state index in [9.17, 15) is 31.1 Å². The molecule has 0 saturated heterocycles. The summed E-state index contributed by atoms with van der Waals surface area (Å²) < 4.78 is 82.7. The van der Waals surface area contributed by atoms with E-state index in [4.69, 9.17) is 9.84 Å². The van der Waals surface area contributed by atoms with E-state index in [-0.39, 0.29) is 24.5 Å². The first-order chi connectivity index (χ1) is 13.0. The van der Waals surface area contributed by atoms with Crippen LogP contribution in [0.2, 0.25) is 0 Å². The number of ether oxygens (including phenoxy) is 1. The fraction of sp³-hybridized carbons (Fsp3) is 0.278. The highest BCUT2D eigenvalue weighted by Gasteiger charge is 2.43. The third-order valence-corrected chi connectivity index (χ3v) is 4.28. The summed E-state index contributed by atoms with van der Waals surface area (Å²) in [7, 11) is 0. The molecule has 0 saturated carbocycles. The van der Waals surface area contributed by atoms with Crippen molar-refractivity contribution in [1.82, 2.24) is 0 Å². The molecule has 0 unspecified atom stereocenters. The van der Waals surface area contributed by atoms with Gasteiger partial charge in [-0.3, -0.25) is 4.90 Å². The molecule has 2 aromatic rings. The Balaban J connectivity index is 1.79. The number of carbonyl (C=O) groups is 1. The maximum absolute atomic E-state index is 13.0. The first kappa shape index (κ1) is 19.8. The van der Waals surface area contributed by atoms with Crippen LogP contribution in [0.4, 0.5) is 36.8 Å². The van der Waals surface area contributed by atoms with Gasteiger partial charge in [-0.1, -0.05) is 6.07 Å². The van der Waals surface area contributed by atoms with Crippen molar-refractivity contribution >= 4 is 11.8 Å². The number of anilines is 1. The predicted octanol–water partition coefficient (Wildman–Crippen LogP) is 5.34. The van der Waals surface area contributed by atoms with Crippen LogP contribution in [0.3, 0.4) is 0 Å². The van der Waals surface area contributed by atoms with Crippen molar-refractivity contribution in [2.75, 3.05) is 11.4 Å². The van der Waals surface area contributed by atoms with Gasteiger partial charge >= 0.3 is 18.4 Å². The first-order valence-electron chi connectivity index (χ1n) is 8.00. The molecule has 1 N–H and O–H groups in total. The Kier molecular flexibility index (Phi) is 4.90. The number of hydrogen-bond donors (Lipinski definition) is 1. The van der Waals surface area contributed by atoms with Gasteiger partial charge in [0, 0.05) is 6.54 Å². The van der Waals surface area contributed by atoms with Crippen molar-refractivity contribution in [3.8, 4) is 5.75 Å². The molecule has 150 valence electrons. The lowest BCUT2D eigenvalue weighted by Crippen LogP contribution is -2.26. The number of nitrogens with zero attached hydrogens (tertiary/aromatic N) is 1. The number of halogens is 6. The fourth-order valence-electron chi connectivity index (χ4n) is 3.00. The van der Waals surface area contributed by atoms with Crippen molar-refractivity contribution < 1.29 is 41.0 Å². The Labute approximate surface area is 154 Å². The van der Waals surface area contributed by atoms with E-state index in [1.165, 1.54) is 12.1 Å². The number of carboxylic acid groups (broad SMARTS) is 1. The zero-order valence-corrected chi connectivity index (χ0v) is 14.1. The van der Waals surface area contributed by atoms with Crippen molar-refractivity contribution in [3.05, 3.63) is 58.7 Å². The van der Waals surface area contributed by atoms with Crippen LogP contribution >= 0.6 is 0 Å². The van der Waals surface area contributed by atoms with Crippen molar-refractivity contribution in [1.29, 1.82) is 0 Å². The standard InChI is InChI=1S/C18H13F6NO3/c19-17(20,21)13-3-1-10(7-14(13)18(22,23)24)9-28-12-2-4-15-11(8-12)5-6-25(15)16(26)27/h1-4,7-8H,5-6,9H2,(H,26,27). The van der Waals surface area contributed by atoms with Crippen LogP contribution in [0.1, 0.15) is 22.3 Å². The van der Waals surface area contributed by atoms with Gasteiger partial charge < -0.3 is 9.84 Å². The second kappa shape index (κ2) is 6.92. The molecule has 10 heteroatoms. The lowest BCUT2D eigenvalue weighted by Gasteiger charge is -2.17. The van der Waals surface area contributed by atoms with Gasteiger partial charge in [-0.05, 0) is 47.9 Å². The Morgan fingerprint density at radius 3 is 2.29 bits per heavy atom. The normalized spacial score (nSPS) is 14.1. The minimum absolute atomic E-state index is 0.0759. The summed E-state index contributed by atoms with van der Waals surface area (Å²) in [6.07, 6.45) is -10.9. The molecule has 1 heterocycles. The van der Waals surface area contributed by atoms with Gasteiger partial charge in [0.2, 0.25) is 0 Å². The summed E-state index contributed by atoms with van der Waals surface area (Å²) in [4.78, 5) is 12.3. The van der Waals surface area contributed by atoms with Crippen LogP contribution in [0.25, 0.3) is 0 Å². The molecule has 0 radical (unpaired) electrons. The van der Waals surface area contributed by atoms with Crippen molar-refractivity contribution in [2.45, 2.75) is 25.4 Å². The smallest absolute Gasteiger partial charge is 0.417 e. The number of rotatable bonds is 3. The summed E-state index contributed by atoms with van der Waals surface area (Å²) in [5.74, 6) is 0.277. The summed E-state index contributed by atoms with van der Waals surface area (Å²) in [5, 5.41) is 9.08. The van der Waals surface area contributed by atoms with Gasteiger partial charge in [0.15, 0.2) is 0 Å². The minimum atomic E-state index is -5.16. The van der Waals surface area contributed by atoms with E-state index in [2.05, 4.69) is 0 Å². The van der Waals surface area contributed by atoms with Crippen molar-refractivity contribution in [3.63, 3.8) is 0 Å². The second-order valence-corrected chi connectivity index (χ2v) is 6.14. The van der Waals surface area contributed by atoms with Gasteiger partial charge in [-0.25, -0.2) is 4.79 Å². The van der Waals surface area contributed by atoms with E-state index in [0.29, 0.717) is 29.8 Å². The van der Waals surface area contributed by atoms with Gasteiger partial charge in [0.25, 0.3) is 0 Å². The molecule has 0 aliphatic carbocycles. The molecule has 1 aliphatic rings. The second-order valence-electron chi connectivity index (χ2n) is 6.14. The molecule has 0 spiro atoms. The minimum Gasteiger partial charge on any atom is -0.489 e. The van der Waals surface area contributed by atoms with Crippen LogP contribution in [0.15, 0.2) is 36.4 Å². The highest BCUT2D eigenvalue weighted by molar-refractivity contribution is 5.89. The van der Waals surface area contributed by atoms with Crippen LogP contribution in [-0.4, -0.2) is 17.7 Å². The number of amides is 1. The Hall–Kier alpha value is -2.91. The van der Waals surface area contributed by atoms with Crippen LogP contribution in [0.5, 0.6) is 5.75 Å². The Morgan fingerprint density at radius 1 is 1.00 bits per heavy atom. The molecule has 4 nitrogen and oxygen atoms in total. The van der Waals surface area contributed by atoms with E-state index < -0.39 is 29.6 Å². The monoisotopic (exact) mass is 405 g/mol.